The van der Waals surface area contributed by atoms with E-state index in [0.717, 1.165) is 36.4 Å². The summed E-state index contributed by atoms with van der Waals surface area (Å²) in [6.45, 7) is 1.89. The molecule has 1 atom stereocenters. The molecule has 2 aliphatic heterocycles. The summed E-state index contributed by atoms with van der Waals surface area (Å²) in [6, 6.07) is 9.19. The van der Waals surface area contributed by atoms with E-state index in [-0.39, 0.29) is 23.8 Å². The highest BCUT2D eigenvalue weighted by Gasteiger charge is 2.37. The zero-order valence-electron chi connectivity index (χ0n) is 17.5. The molecule has 2 saturated heterocycles. The van der Waals surface area contributed by atoms with Crippen molar-refractivity contribution < 1.29 is 23.5 Å². The number of furan rings is 1. The molecule has 1 aromatic carbocycles. The standard InChI is InChI=1S/C23H28N2O5/c1-28-17-7-8-18(21(15-17)29-2)19-5-3-11-25(19)22(26)16-9-12-24(13-10-16)23(27)20-6-4-14-30-20/h4,6-8,14-16,19H,3,5,9-13H2,1-2H3. The Balaban J connectivity index is 1.43. The molecule has 160 valence electrons. The SMILES string of the molecule is COc1ccc(C2CCCN2C(=O)C2CCN(C(=O)c3ccco3)CC2)c(OC)c1. The van der Waals surface area contributed by atoms with Crippen LogP contribution in [0.25, 0.3) is 0 Å². The summed E-state index contributed by atoms with van der Waals surface area (Å²) in [6.07, 6.45) is 4.75. The molecular formula is C23H28N2O5. The van der Waals surface area contributed by atoms with Crippen LogP contribution in [0.1, 0.15) is 47.8 Å². The lowest BCUT2D eigenvalue weighted by Crippen LogP contribution is -2.44. The highest BCUT2D eigenvalue weighted by atomic mass is 16.5. The second-order valence-electron chi connectivity index (χ2n) is 7.84. The maximum Gasteiger partial charge on any atom is 0.289 e. The van der Waals surface area contributed by atoms with Gasteiger partial charge in [-0.2, -0.15) is 0 Å². The van der Waals surface area contributed by atoms with Gasteiger partial charge in [0.25, 0.3) is 5.91 Å². The van der Waals surface area contributed by atoms with Crippen molar-refractivity contribution in [3.8, 4) is 11.5 Å². The van der Waals surface area contributed by atoms with Gasteiger partial charge in [0.2, 0.25) is 5.91 Å². The summed E-state index contributed by atoms with van der Waals surface area (Å²) < 4.78 is 16.1. The van der Waals surface area contributed by atoms with Crippen LogP contribution in [0, 0.1) is 5.92 Å². The lowest BCUT2D eigenvalue weighted by molar-refractivity contribution is -0.137. The molecule has 0 spiro atoms. The third-order valence-corrected chi connectivity index (χ3v) is 6.20. The van der Waals surface area contributed by atoms with Gasteiger partial charge in [-0.1, -0.05) is 0 Å². The fourth-order valence-corrected chi connectivity index (χ4v) is 4.57. The van der Waals surface area contributed by atoms with Gasteiger partial charge in [0.15, 0.2) is 5.76 Å². The van der Waals surface area contributed by atoms with Crippen molar-refractivity contribution in [3.05, 3.63) is 47.9 Å². The lowest BCUT2D eigenvalue weighted by atomic mass is 9.94. The summed E-state index contributed by atoms with van der Waals surface area (Å²) in [5, 5.41) is 0. The first-order valence-corrected chi connectivity index (χ1v) is 10.5. The zero-order chi connectivity index (χ0) is 21.1. The molecule has 0 radical (unpaired) electrons. The van der Waals surface area contributed by atoms with Crippen LogP contribution in [0.4, 0.5) is 0 Å². The number of hydrogen-bond acceptors (Lipinski definition) is 5. The van der Waals surface area contributed by atoms with Crippen LogP contribution >= 0.6 is 0 Å². The van der Waals surface area contributed by atoms with Gasteiger partial charge in [0, 0.05) is 37.2 Å². The van der Waals surface area contributed by atoms with Crippen LogP contribution in [0.3, 0.4) is 0 Å². The Morgan fingerprint density at radius 1 is 1.03 bits per heavy atom. The van der Waals surface area contributed by atoms with Crippen molar-refractivity contribution in [2.75, 3.05) is 33.9 Å². The molecular weight excluding hydrogens is 384 g/mol. The average molecular weight is 412 g/mol. The molecule has 7 nitrogen and oxygen atoms in total. The van der Waals surface area contributed by atoms with Gasteiger partial charge in [-0.25, -0.2) is 0 Å². The van der Waals surface area contributed by atoms with E-state index in [9.17, 15) is 9.59 Å². The number of nitrogens with zero attached hydrogens (tertiary/aromatic N) is 2. The molecule has 4 rings (SSSR count). The molecule has 2 fully saturated rings. The Morgan fingerprint density at radius 2 is 1.83 bits per heavy atom. The fraction of sp³-hybridized carbons (Fsp3) is 0.478. The van der Waals surface area contributed by atoms with Crippen molar-refractivity contribution in [1.82, 2.24) is 9.80 Å². The minimum absolute atomic E-state index is 0.0149. The molecule has 2 amide bonds. The number of likely N-dealkylation sites (tertiary alicyclic amines) is 2. The maximum absolute atomic E-state index is 13.4. The molecule has 0 bridgehead atoms. The van der Waals surface area contributed by atoms with E-state index in [1.807, 2.05) is 23.1 Å². The molecule has 1 aromatic heterocycles. The third kappa shape index (κ3) is 3.88. The van der Waals surface area contributed by atoms with E-state index in [0.29, 0.717) is 31.7 Å². The van der Waals surface area contributed by atoms with E-state index < -0.39 is 0 Å². The molecule has 0 saturated carbocycles. The number of carbonyl (C=O) groups excluding carboxylic acids is 2. The first-order chi connectivity index (χ1) is 14.6. The Labute approximate surface area is 176 Å². The van der Waals surface area contributed by atoms with Crippen molar-refractivity contribution in [3.63, 3.8) is 0 Å². The smallest absolute Gasteiger partial charge is 0.289 e. The van der Waals surface area contributed by atoms with Crippen molar-refractivity contribution >= 4 is 11.8 Å². The van der Waals surface area contributed by atoms with Gasteiger partial charge in [0.1, 0.15) is 11.5 Å². The highest BCUT2D eigenvalue weighted by molar-refractivity contribution is 5.91. The van der Waals surface area contributed by atoms with Crippen LogP contribution in [0.15, 0.2) is 41.0 Å². The van der Waals surface area contributed by atoms with Crippen molar-refractivity contribution in [2.24, 2.45) is 5.92 Å². The summed E-state index contributed by atoms with van der Waals surface area (Å²) in [7, 11) is 3.27. The molecule has 3 heterocycles. The molecule has 30 heavy (non-hydrogen) atoms. The van der Waals surface area contributed by atoms with Crippen LogP contribution in [0.2, 0.25) is 0 Å². The summed E-state index contributed by atoms with van der Waals surface area (Å²) in [5.41, 5.74) is 1.02. The fourth-order valence-electron chi connectivity index (χ4n) is 4.57. The third-order valence-electron chi connectivity index (χ3n) is 6.20. The van der Waals surface area contributed by atoms with E-state index in [2.05, 4.69) is 0 Å². The van der Waals surface area contributed by atoms with Crippen molar-refractivity contribution in [1.29, 1.82) is 0 Å². The predicted octanol–water partition coefficient (Wildman–Crippen LogP) is 3.51. The van der Waals surface area contributed by atoms with Gasteiger partial charge >= 0.3 is 0 Å². The monoisotopic (exact) mass is 412 g/mol. The minimum Gasteiger partial charge on any atom is -0.497 e. The predicted molar refractivity (Wildman–Crippen MR) is 111 cm³/mol. The van der Waals surface area contributed by atoms with Gasteiger partial charge < -0.3 is 23.7 Å². The number of rotatable bonds is 5. The average Bonchev–Trinajstić information content (AvgIpc) is 3.50. The van der Waals surface area contributed by atoms with Crippen LogP contribution < -0.4 is 9.47 Å². The number of methoxy groups -OCH3 is 2. The summed E-state index contributed by atoms with van der Waals surface area (Å²) in [4.78, 5) is 29.6. The van der Waals surface area contributed by atoms with E-state index >= 15 is 0 Å². The molecule has 2 aromatic rings. The molecule has 0 aliphatic carbocycles. The molecule has 2 aliphatic rings. The molecule has 0 N–H and O–H groups in total. The Morgan fingerprint density at radius 3 is 2.50 bits per heavy atom. The minimum atomic E-state index is -0.104. The van der Waals surface area contributed by atoms with Gasteiger partial charge in [0.05, 0.1) is 26.5 Å². The highest BCUT2D eigenvalue weighted by Crippen LogP contribution is 2.40. The topological polar surface area (TPSA) is 72.2 Å². The maximum atomic E-state index is 13.4. The first-order valence-electron chi connectivity index (χ1n) is 10.5. The quantitative estimate of drug-likeness (QED) is 0.751. The molecule has 1 unspecified atom stereocenters. The number of carbonyl (C=O) groups is 2. The number of ether oxygens (including phenoxy) is 2. The van der Waals surface area contributed by atoms with E-state index in [1.54, 1.807) is 31.3 Å². The second kappa shape index (κ2) is 8.81. The Hall–Kier alpha value is -2.96. The number of benzene rings is 1. The lowest BCUT2D eigenvalue weighted by Gasteiger charge is -2.35. The van der Waals surface area contributed by atoms with Crippen LogP contribution in [-0.4, -0.2) is 55.5 Å². The largest absolute Gasteiger partial charge is 0.497 e. The second-order valence-corrected chi connectivity index (χ2v) is 7.84. The molecule has 7 heteroatoms. The number of hydrogen-bond donors (Lipinski definition) is 0. The van der Waals surface area contributed by atoms with Gasteiger partial charge in [-0.15, -0.1) is 0 Å². The van der Waals surface area contributed by atoms with Crippen molar-refractivity contribution in [2.45, 2.75) is 31.7 Å². The number of amides is 2. The van der Waals surface area contributed by atoms with E-state index in [1.165, 1.54) is 6.26 Å². The zero-order valence-corrected chi connectivity index (χ0v) is 17.5. The van der Waals surface area contributed by atoms with Crippen LogP contribution in [0.5, 0.6) is 11.5 Å². The summed E-state index contributed by atoms with van der Waals surface area (Å²) in [5.74, 6) is 1.85. The van der Waals surface area contributed by atoms with E-state index in [4.69, 9.17) is 13.9 Å². The normalized spacial score (nSPS) is 19.7. The Kier molecular flexibility index (Phi) is 5.97. The van der Waals surface area contributed by atoms with Gasteiger partial charge in [-0.3, -0.25) is 9.59 Å². The Bertz CT molecular complexity index is 887. The van der Waals surface area contributed by atoms with Gasteiger partial charge in [-0.05, 0) is 49.9 Å². The summed E-state index contributed by atoms with van der Waals surface area (Å²) >= 11 is 0. The number of piperidine rings is 1. The van der Waals surface area contributed by atoms with Crippen LogP contribution in [-0.2, 0) is 4.79 Å². The first kappa shape index (κ1) is 20.3.